The number of hydrogen-bond acceptors (Lipinski definition) is 4. The Morgan fingerprint density at radius 3 is 3.00 bits per heavy atom. The Balaban J connectivity index is 2.02. The molecule has 0 fully saturated rings. The Morgan fingerprint density at radius 2 is 2.33 bits per heavy atom. The fraction of sp³-hybridized carbons (Fsp3) is 0.250. The molecule has 2 rings (SSSR count). The van der Waals surface area contributed by atoms with E-state index in [4.69, 9.17) is 11.6 Å². The van der Waals surface area contributed by atoms with Crippen LogP contribution >= 0.6 is 27.5 Å². The molecule has 0 atom stereocenters. The fourth-order valence-corrected chi connectivity index (χ4v) is 1.40. The summed E-state index contributed by atoms with van der Waals surface area (Å²) in [4.78, 5) is 12.1. The lowest BCUT2D eigenvalue weighted by Gasteiger charge is -2.01. The maximum atomic E-state index is 5.84. The third kappa shape index (κ3) is 2.73. The SMILES string of the molecule is Clc1nc(CCn2cncn2)ncc1Br. The second kappa shape index (κ2) is 4.67. The lowest BCUT2D eigenvalue weighted by atomic mass is 10.4. The Hall–Kier alpha value is -1.01. The minimum Gasteiger partial charge on any atom is -0.253 e. The molecule has 2 aromatic rings. The Bertz CT molecular complexity index is 444. The number of aromatic nitrogens is 5. The third-order valence-corrected chi connectivity index (χ3v) is 2.88. The Kier molecular flexibility index (Phi) is 3.27. The Labute approximate surface area is 99.7 Å². The molecule has 2 heterocycles. The first-order valence-electron chi connectivity index (χ1n) is 4.25. The van der Waals surface area contributed by atoms with Gasteiger partial charge in [-0.15, -0.1) is 0 Å². The van der Waals surface area contributed by atoms with Gasteiger partial charge in [-0.3, -0.25) is 4.68 Å². The molecule has 0 aliphatic rings. The van der Waals surface area contributed by atoms with Gasteiger partial charge in [-0.25, -0.2) is 15.0 Å². The molecule has 0 N–H and O–H groups in total. The summed E-state index contributed by atoms with van der Waals surface area (Å²) in [5.74, 6) is 0.693. The normalized spacial score (nSPS) is 10.5. The van der Waals surface area contributed by atoms with Gasteiger partial charge < -0.3 is 0 Å². The summed E-state index contributed by atoms with van der Waals surface area (Å²) < 4.78 is 2.42. The molecule has 0 aliphatic heterocycles. The molecule has 0 spiro atoms. The van der Waals surface area contributed by atoms with Crippen LogP contribution in [0.4, 0.5) is 0 Å². The number of rotatable bonds is 3. The minimum atomic E-state index is 0.429. The molecule has 0 amide bonds. The van der Waals surface area contributed by atoms with Crippen molar-refractivity contribution >= 4 is 27.5 Å². The zero-order chi connectivity index (χ0) is 10.7. The van der Waals surface area contributed by atoms with Gasteiger partial charge in [0.2, 0.25) is 0 Å². The highest BCUT2D eigenvalue weighted by Crippen LogP contribution is 2.18. The highest BCUT2D eigenvalue weighted by Gasteiger charge is 2.02. The van der Waals surface area contributed by atoms with Crippen LogP contribution in [-0.2, 0) is 13.0 Å². The van der Waals surface area contributed by atoms with Crippen molar-refractivity contribution in [1.82, 2.24) is 24.7 Å². The van der Waals surface area contributed by atoms with Gasteiger partial charge in [0.15, 0.2) is 0 Å². The van der Waals surface area contributed by atoms with E-state index in [0.717, 1.165) is 0 Å². The van der Waals surface area contributed by atoms with Gasteiger partial charge in [-0.05, 0) is 15.9 Å². The van der Waals surface area contributed by atoms with Crippen LogP contribution in [0.5, 0.6) is 0 Å². The van der Waals surface area contributed by atoms with E-state index in [1.54, 1.807) is 17.2 Å². The van der Waals surface area contributed by atoms with Crippen LogP contribution < -0.4 is 0 Å². The zero-order valence-electron chi connectivity index (χ0n) is 7.64. The van der Waals surface area contributed by atoms with E-state index in [1.807, 2.05) is 0 Å². The van der Waals surface area contributed by atoms with Crippen LogP contribution in [0.2, 0.25) is 5.15 Å². The monoisotopic (exact) mass is 287 g/mol. The maximum Gasteiger partial charge on any atom is 0.146 e. The van der Waals surface area contributed by atoms with Gasteiger partial charge in [0.05, 0.1) is 4.47 Å². The van der Waals surface area contributed by atoms with Crippen molar-refractivity contribution in [2.75, 3.05) is 0 Å². The fourth-order valence-electron chi connectivity index (χ4n) is 1.06. The van der Waals surface area contributed by atoms with E-state index in [0.29, 0.717) is 28.4 Å². The largest absolute Gasteiger partial charge is 0.253 e. The van der Waals surface area contributed by atoms with Crippen LogP contribution in [0, 0.1) is 0 Å². The van der Waals surface area contributed by atoms with Crippen LogP contribution in [0.3, 0.4) is 0 Å². The van der Waals surface area contributed by atoms with Gasteiger partial charge >= 0.3 is 0 Å². The molecular formula is C8H7BrClN5. The summed E-state index contributed by atoms with van der Waals surface area (Å²) in [6.45, 7) is 0.692. The number of hydrogen-bond donors (Lipinski definition) is 0. The van der Waals surface area contributed by atoms with Crippen LogP contribution in [0.25, 0.3) is 0 Å². The first kappa shape index (κ1) is 10.5. The van der Waals surface area contributed by atoms with Gasteiger partial charge in [0.1, 0.15) is 23.6 Å². The molecule has 0 radical (unpaired) electrons. The maximum absolute atomic E-state index is 5.84. The van der Waals surface area contributed by atoms with E-state index >= 15 is 0 Å². The summed E-state index contributed by atoms with van der Waals surface area (Å²) in [6.07, 6.45) is 5.47. The quantitative estimate of drug-likeness (QED) is 0.807. The van der Waals surface area contributed by atoms with Crippen molar-refractivity contribution in [3.05, 3.63) is 34.3 Å². The molecule has 7 heteroatoms. The average molecular weight is 289 g/mol. The summed E-state index contributed by atoms with van der Waals surface area (Å²) in [6, 6.07) is 0. The molecular weight excluding hydrogens is 281 g/mol. The van der Waals surface area contributed by atoms with Crippen molar-refractivity contribution in [1.29, 1.82) is 0 Å². The van der Waals surface area contributed by atoms with Crippen molar-refractivity contribution in [3.8, 4) is 0 Å². The second-order valence-corrected chi connectivity index (χ2v) is 4.05. The molecule has 0 saturated carbocycles. The average Bonchev–Trinajstić information content (AvgIpc) is 2.73. The van der Waals surface area contributed by atoms with Crippen molar-refractivity contribution in [2.24, 2.45) is 0 Å². The molecule has 15 heavy (non-hydrogen) atoms. The summed E-state index contributed by atoms with van der Waals surface area (Å²) >= 11 is 9.08. The molecule has 0 unspecified atom stereocenters. The molecule has 0 aliphatic carbocycles. The molecule has 5 nitrogen and oxygen atoms in total. The number of halogens is 2. The predicted octanol–water partition coefficient (Wildman–Crippen LogP) is 1.73. The Morgan fingerprint density at radius 1 is 1.47 bits per heavy atom. The summed E-state index contributed by atoms with van der Waals surface area (Å²) in [7, 11) is 0. The molecule has 2 aromatic heterocycles. The predicted molar refractivity (Wildman–Crippen MR) is 58.5 cm³/mol. The second-order valence-electron chi connectivity index (χ2n) is 2.83. The van der Waals surface area contributed by atoms with Crippen molar-refractivity contribution < 1.29 is 0 Å². The van der Waals surface area contributed by atoms with Gasteiger partial charge in [-0.2, -0.15) is 5.10 Å². The van der Waals surface area contributed by atoms with Crippen molar-refractivity contribution in [3.63, 3.8) is 0 Å². The standard InChI is InChI=1S/C8H7BrClN5/c9-6-3-12-7(14-8(6)10)1-2-15-5-11-4-13-15/h3-5H,1-2H2. The number of aryl methyl sites for hydroxylation is 2. The van der Waals surface area contributed by atoms with E-state index in [9.17, 15) is 0 Å². The van der Waals surface area contributed by atoms with Gasteiger partial charge in [0, 0.05) is 19.2 Å². The minimum absolute atomic E-state index is 0.429. The molecule has 78 valence electrons. The lowest BCUT2D eigenvalue weighted by molar-refractivity contribution is 0.598. The molecule has 0 aromatic carbocycles. The van der Waals surface area contributed by atoms with Crippen molar-refractivity contribution in [2.45, 2.75) is 13.0 Å². The summed E-state index contributed by atoms with van der Waals surface area (Å²) in [5, 5.41) is 4.41. The van der Waals surface area contributed by atoms with Gasteiger partial charge in [-0.1, -0.05) is 11.6 Å². The van der Waals surface area contributed by atoms with Crippen LogP contribution in [-0.4, -0.2) is 24.7 Å². The van der Waals surface area contributed by atoms with E-state index in [1.165, 1.54) is 6.33 Å². The lowest BCUT2D eigenvalue weighted by Crippen LogP contribution is -2.04. The molecule has 0 bridgehead atoms. The third-order valence-electron chi connectivity index (χ3n) is 1.78. The highest BCUT2D eigenvalue weighted by molar-refractivity contribution is 9.10. The first-order valence-corrected chi connectivity index (χ1v) is 5.42. The van der Waals surface area contributed by atoms with E-state index in [2.05, 4.69) is 36.0 Å². The summed E-state index contributed by atoms with van der Waals surface area (Å²) in [5.41, 5.74) is 0. The molecule has 0 saturated heterocycles. The number of nitrogens with zero attached hydrogens (tertiary/aromatic N) is 5. The van der Waals surface area contributed by atoms with Gasteiger partial charge in [0.25, 0.3) is 0 Å². The smallest absolute Gasteiger partial charge is 0.146 e. The van der Waals surface area contributed by atoms with Crippen LogP contribution in [0.15, 0.2) is 23.3 Å². The zero-order valence-corrected chi connectivity index (χ0v) is 9.98. The highest BCUT2D eigenvalue weighted by atomic mass is 79.9. The van der Waals surface area contributed by atoms with E-state index < -0.39 is 0 Å². The topological polar surface area (TPSA) is 56.5 Å². The first-order chi connectivity index (χ1) is 7.25. The van der Waals surface area contributed by atoms with Crippen LogP contribution in [0.1, 0.15) is 5.82 Å². The van der Waals surface area contributed by atoms with E-state index in [-0.39, 0.29) is 0 Å².